The van der Waals surface area contributed by atoms with Crippen molar-refractivity contribution in [3.05, 3.63) is 28.5 Å². The highest BCUT2D eigenvalue weighted by molar-refractivity contribution is 9.10. The first-order valence-corrected chi connectivity index (χ1v) is 6.19. The highest BCUT2D eigenvalue weighted by atomic mass is 79.9. The second kappa shape index (κ2) is 6.21. The van der Waals surface area contributed by atoms with Crippen LogP contribution in [0.1, 0.15) is 13.8 Å². The molecule has 0 saturated carbocycles. The lowest BCUT2D eigenvalue weighted by Gasteiger charge is -2.21. The Hall–Kier alpha value is -0.610. The summed E-state index contributed by atoms with van der Waals surface area (Å²) in [6.45, 7) is 5.82. The quantitative estimate of drug-likeness (QED) is 0.896. The van der Waals surface area contributed by atoms with Crippen molar-refractivity contribution in [2.45, 2.75) is 19.9 Å². The Bertz CT molecular complexity index is 342. The van der Waals surface area contributed by atoms with Gasteiger partial charge in [-0.1, -0.05) is 29.8 Å². The van der Waals surface area contributed by atoms with Crippen LogP contribution in [0.4, 0.5) is 10.1 Å². The van der Waals surface area contributed by atoms with Crippen LogP contribution in [0.5, 0.6) is 0 Å². The second-order valence-corrected chi connectivity index (χ2v) is 5.04. The van der Waals surface area contributed by atoms with Crippen LogP contribution < -0.4 is 10.2 Å². The standard InChI is InChI=1S/C12H18BrFN2/c1-9(2)15-6-7-16(3)12-8-10(13)4-5-11(12)14/h4-5,8-9,15H,6-7H2,1-3H3. The van der Waals surface area contributed by atoms with Crippen molar-refractivity contribution in [2.75, 3.05) is 25.0 Å². The van der Waals surface area contributed by atoms with Crippen molar-refractivity contribution in [2.24, 2.45) is 0 Å². The molecule has 2 nitrogen and oxygen atoms in total. The van der Waals surface area contributed by atoms with Crippen LogP contribution >= 0.6 is 15.9 Å². The number of benzene rings is 1. The molecular weight excluding hydrogens is 271 g/mol. The van der Waals surface area contributed by atoms with Crippen LogP contribution in [0.2, 0.25) is 0 Å². The number of hydrogen-bond donors (Lipinski definition) is 1. The Labute approximate surface area is 105 Å². The van der Waals surface area contributed by atoms with Gasteiger partial charge in [-0.05, 0) is 18.2 Å². The summed E-state index contributed by atoms with van der Waals surface area (Å²) < 4.78 is 14.4. The minimum atomic E-state index is -0.185. The zero-order chi connectivity index (χ0) is 12.1. The second-order valence-electron chi connectivity index (χ2n) is 4.13. The van der Waals surface area contributed by atoms with Crippen molar-refractivity contribution in [3.63, 3.8) is 0 Å². The third kappa shape index (κ3) is 4.10. The molecule has 0 saturated heterocycles. The SMILES string of the molecule is CC(C)NCCN(C)c1cc(Br)ccc1F. The number of nitrogens with zero attached hydrogens (tertiary/aromatic N) is 1. The molecule has 0 radical (unpaired) electrons. The lowest BCUT2D eigenvalue weighted by Crippen LogP contribution is -2.33. The molecule has 1 rings (SSSR count). The van der Waals surface area contributed by atoms with Gasteiger partial charge < -0.3 is 10.2 Å². The van der Waals surface area contributed by atoms with Gasteiger partial charge >= 0.3 is 0 Å². The van der Waals surface area contributed by atoms with E-state index in [2.05, 4.69) is 35.1 Å². The number of anilines is 1. The minimum Gasteiger partial charge on any atom is -0.371 e. The smallest absolute Gasteiger partial charge is 0.146 e. The molecule has 0 atom stereocenters. The van der Waals surface area contributed by atoms with E-state index in [1.807, 2.05) is 11.9 Å². The first-order valence-electron chi connectivity index (χ1n) is 5.40. The van der Waals surface area contributed by atoms with Gasteiger partial charge in [0.05, 0.1) is 5.69 Å². The molecule has 0 aliphatic rings. The highest BCUT2D eigenvalue weighted by Gasteiger charge is 2.07. The molecule has 0 fully saturated rings. The van der Waals surface area contributed by atoms with E-state index < -0.39 is 0 Å². The Morgan fingerprint density at radius 1 is 1.44 bits per heavy atom. The van der Waals surface area contributed by atoms with Gasteiger partial charge in [0.2, 0.25) is 0 Å². The van der Waals surface area contributed by atoms with Crippen molar-refractivity contribution in [1.29, 1.82) is 0 Å². The van der Waals surface area contributed by atoms with E-state index in [0.717, 1.165) is 17.6 Å². The summed E-state index contributed by atoms with van der Waals surface area (Å²) in [7, 11) is 1.90. The van der Waals surface area contributed by atoms with Crippen molar-refractivity contribution >= 4 is 21.6 Å². The molecule has 4 heteroatoms. The molecule has 0 aliphatic carbocycles. The molecule has 1 aromatic rings. The summed E-state index contributed by atoms with van der Waals surface area (Å²) in [5.74, 6) is -0.185. The van der Waals surface area contributed by atoms with Crippen LogP contribution in [0.25, 0.3) is 0 Å². The van der Waals surface area contributed by atoms with E-state index in [9.17, 15) is 4.39 Å². The summed E-state index contributed by atoms with van der Waals surface area (Å²) >= 11 is 3.35. The zero-order valence-electron chi connectivity index (χ0n) is 9.93. The van der Waals surface area contributed by atoms with Crippen LogP contribution in [0.3, 0.4) is 0 Å². The number of rotatable bonds is 5. The average molecular weight is 289 g/mol. The molecule has 1 aromatic carbocycles. The molecule has 0 aromatic heterocycles. The van der Waals surface area contributed by atoms with Crippen LogP contribution in [0, 0.1) is 5.82 Å². The molecule has 0 heterocycles. The molecule has 1 N–H and O–H groups in total. The molecule has 0 amide bonds. The predicted molar refractivity (Wildman–Crippen MR) is 70.5 cm³/mol. The lowest BCUT2D eigenvalue weighted by atomic mass is 10.3. The summed E-state index contributed by atoms with van der Waals surface area (Å²) in [6, 6.07) is 5.44. The molecular formula is C12H18BrFN2. The molecule has 0 spiro atoms. The van der Waals surface area contributed by atoms with Gasteiger partial charge in [0.1, 0.15) is 5.82 Å². The summed E-state index contributed by atoms with van der Waals surface area (Å²) in [6.07, 6.45) is 0. The summed E-state index contributed by atoms with van der Waals surface area (Å²) in [4.78, 5) is 1.91. The number of hydrogen-bond acceptors (Lipinski definition) is 2. The first-order chi connectivity index (χ1) is 7.50. The average Bonchev–Trinajstić information content (AvgIpc) is 2.21. The maximum absolute atomic E-state index is 13.5. The monoisotopic (exact) mass is 288 g/mol. The summed E-state index contributed by atoms with van der Waals surface area (Å²) in [5.41, 5.74) is 0.625. The number of halogens is 2. The third-order valence-corrected chi connectivity index (χ3v) is 2.81. The zero-order valence-corrected chi connectivity index (χ0v) is 11.5. The summed E-state index contributed by atoms with van der Waals surface area (Å²) in [5, 5.41) is 3.30. The minimum absolute atomic E-state index is 0.185. The largest absolute Gasteiger partial charge is 0.371 e. The van der Waals surface area contributed by atoms with Crippen LogP contribution in [0.15, 0.2) is 22.7 Å². The van der Waals surface area contributed by atoms with Gasteiger partial charge in [-0.3, -0.25) is 0 Å². The van der Waals surface area contributed by atoms with E-state index in [0.29, 0.717) is 11.7 Å². The van der Waals surface area contributed by atoms with Gasteiger partial charge in [0.15, 0.2) is 0 Å². The maximum Gasteiger partial charge on any atom is 0.146 e. The fraction of sp³-hybridized carbons (Fsp3) is 0.500. The topological polar surface area (TPSA) is 15.3 Å². The normalized spacial score (nSPS) is 10.9. The van der Waals surface area contributed by atoms with Gasteiger partial charge in [-0.2, -0.15) is 0 Å². The number of likely N-dealkylation sites (N-methyl/N-ethyl adjacent to an activating group) is 1. The van der Waals surface area contributed by atoms with Gasteiger partial charge in [-0.25, -0.2) is 4.39 Å². The first kappa shape index (κ1) is 13.5. The Morgan fingerprint density at radius 2 is 2.12 bits per heavy atom. The van der Waals surface area contributed by atoms with E-state index >= 15 is 0 Å². The van der Waals surface area contributed by atoms with Gasteiger partial charge in [-0.15, -0.1) is 0 Å². The fourth-order valence-electron chi connectivity index (χ4n) is 1.42. The number of nitrogens with one attached hydrogen (secondary N) is 1. The Kier molecular flexibility index (Phi) is 5.22. The molecule has 16 heavy (non-hydrogen) atoms. The maximum atomic E-state index is 13.5. The molecule has 90 valence electrons. The highest BCUT2D eigenvalue weighted by Crippen LogP contribution is 2.22. The Morgan fingerprint density at radius 3 is 2.75 bits per heavy atom. The van der Waals surface area contributed by atoms with Crippen molar-refractivity contribution in [3.8, 4) is 0 Å². The van der Waals surface area contributed by atoms with Crippen LogP contribution in [-0.2, 0) is 0 Å². The fourth-order valence-corrected chi connectivity index (χ4v) is 1.77. The molecule has 0 unspecified atom stereocenters. The third-order valence-electron chi connectivity index (χ3n) is 2.32. The predicted octanol–water partition coefficient (Wildman–Crippen LogP) is 3.02. The van der Waals surface area contributed by atoms with E-state index in [1.165, 1.54) is 6.07 Å². The molecule has 0 bridgehead atoms. The van der Waals surface area contributed by atoms with Gasteiger partial charge in [0, 0.05) is 30.7 Å². The van der Waals surface area contributed by atoms with Crippen molar-refractivity contribution < 1.29 is 4.39 Å². The van der Waals surface area contributed by atoms with Crippen molar-refractivity contribution in [1.82, 2.24) is 5.32 Å². The van der Waals surface area contributed by atoms with E-state index in [1.54, 1.807) is 12.1 Å². The lowest BCUT2D eigenvalue weighted by molar-refractivity contribution is 0.581. The van der Waals surface area contributed by atoms with Crippen LogP contribution in [-0.4, -0.2) is 26.2 Å². The molecule has 0 aliphatic heterocycles. The van der Waals surface area contributed by atoms with E-state index in [-0.39, 0.29) is 5.82 Å². The van der Waals surface area contributed by atoms with E-state index in [4.69, 9.17) is 0 Å². The Balaban J connectivity index is 2.58. The van der Waals surface area contributed by atoms with Gasteiger partial charge in [0.25, 0.3) is 0 Å².